The second kappa shape index (κ2) is 7.54. The van der Waals surface area contributed by atoms with E-state index in [-0.39, 0.29) is 12.0 Å². The molecule has 14 heavy (non-hydrogen) atoms. The van der Waals surface area contributed by atoms with Crippen LogP contribution in [0.4, 0.5) is 0 Å². The van der Waals surface area contributed by atoms with Gasteiger partial charge in [0.2, 0.25) is 0 Å². The normalized spacial score (nSPS) is 13.5. The molecule has 0 aliphatic carbocycles. The third-order valence-corrected chi connectivity index (χ3v) is 1.72. The maximum atomic E-state index is 11.4. The van der Waals surface area contributed by atoms with Crippen molar-refractivity contribution in [3.05, 3.63) is 0 Å². The van der Waals surface area contributed by atoms with Gasteiger partial charge in [0, 0.05) is 0 Å². The molecule has 0 spiro atoms. The molecule has 0 aromatic carbocycles. The van der Waals surface area contributed by atoms with Gasteiger partial charge in [-0.15, -0.1) is 0 Å². The molecule has 0 bridgehead atoms. The van der Waals surface area contributed by atoms with Crippen LogP contribution >= 0.6 is 0 Å². The zero-order valence-electron chi connectivity index (χ0n) is 9.62. The van der Waals surface area contributed by atoms with Crippen LogP contribution in [0, 0.1) is 5.92 Å². The van der Waals surface area contributed by atoms with E-state index in [4.69, 9.17) is 4.74 Å². The Balaban J connectivity index is 4.22. The molecule has 0 rings (SSSR count). The van der Waals surface area contributed by atoms with Gasteiger partial charge in [-0.3, -0.25) is 4.99 Å². The Morgan fingerprint density at radius 3 is 2.50 bits per heavy atom. The standard InChI is InChI=1S/C11H21NO2/c1-5-7-12-10(8-9(3)4)11(13)14-6-2/h7,9-10H,5-6,8H2,1-4H3. The van der Waals surface area contributed by atoms with Crippen molar-refractivity contribution in [3.63, 3.8) is 0 Å². The first-order valence-corrected chi connectivity index (χ1v) is 5.30. The predicted octanol–water partition coefficient (Wildman–Crippen LogP) is 2.45. The molecule has 0 saturated heterocycles. The number of carbonyl (C=O) groups is 1. The lowest BCUT2D eigenvalue weighted by atomic mass is 10.0. The average molecular weight is 199 g/mol. The van der Waals surface area contributed by atoms with Gasteiger partial charge < -0.3 is 4.74 Å². The topological polar surface area (TPSA) is 38.7 Å². The molecule has 82 valence electrons. The Labute approximate surface area is 86.6 Å². The van der Waals surface area contributed by atoms with E-state index in [1.807, 2.05) is 13.8 Å². The summed E-state index contributed by atoms with van der Waals surface area (Å²) in [7, 11) is 0. The summed E-state index contributed by atoms with van der Waals surface area (Å²) < 4.78 is 4.95. The summed E-state index contributed by atoms with van der Waals surface area (Å²) in [5.74, 6) is 0.254. The molecule has 0 heterocycles. The molecule has 0 aliphatic rings. The van der Waals surface area contributed by atoms with Gasteiger partial charge in [0.1, 0.15) is 6.04 Å². The molecule has 3 heteroatoms. The Morgan fingerprint density at radius 1 is 1.43 bits per heavy atom. The van der Waals surface area contributed by atoms with Crippen LogP contribution in [0.2, 0.25) is 0 Å². The van der Waals surface area contributed by atoms with Crippen LogP contribution in [0.1, 0.15) is 40.5 Å². The molecule has 0 saturated carbocycles. The quantitative estimate of drug-likeness (QED) is 0.487. The third kappa shape index (κ3) is 5.73. The first-order chi connectivity index (χ1) is 6.61. The van der Waals surface area contributed by atoms with Crippen LogP contribution in [0.5, 0.6) is 0 Å². The highest BCUT2D eigenvalue weighted by molar-refractivity contribution is 5.78. The molecule has 0 aromatic rings. The highest BCUT2D eigenvalue weighted by Crippen LogP contribution is 2.09. The number of hydrogen-bond acceptors (Lipinski definition) is 3. The highest BCUT2D eigenvalue weighted by Gasteiger charge is 2.18. The Kier molecular flexibility index (Phi) is 7.07. The first kappa shape index (κ1) is 13.1. The van der Waals surface area contributed by atoms with Crippen molar-refractivity contribution in [1.82, 2.24) is 0 Å². The fourth-order valence-corrected chi connectivity index (χ4v) is 1.14. The summed E-state index contributed by atoms with van der Waals surface area (Å²) >= 11 is 0. The monoisotopic (exact) mass is 199 g/mol. The van der Waals surface area contributed by atoms with E-state index in [0.29, 0.717) is 12.5 Å². The van der Waals surface area contributed by atoms with Gasteiger partial charge in [0.15, 0.2) is 0 Å². The lowest BCUT2D eigenvalue weighted by molar-refractivity contribution is -0.144. The predicted molar refractivity (Wildman–Crippen MR) is 58.7 cm³/mol. The lowest BCUT2D eigenvalue weighted by Crippen LogP contribution is -2.23. The van der Waals surface area contributed by atoms with Crippen LogP contribution < -0.4 is 0 Å². The summed E-state index contributed by atoms with van der Waals surface area (Å²) in [6.07, 6.45) is 3.40. The third-order valence-electron chi connectivity index (χ3n) is 1.72. The zero-order valence-corrected chi connectivity index (χ0v) is 9.62. The van der Waals surface area contributed by atoms with Gasteiger partial charge in [0.25, 0.3) is 0 Å². The SMILES string of the molecule is CCC=NC(CC(C)C)C(=O)OCC. The van der Waals surface area contributed by atoms with Crippen molar-refractivity contribution in [1.29, 1.82) is 0 Å². The van der Waals surface area contributed by atoms with Crippen molar-refractivity contribution in [2.75, 3.05) is 6.61 Å². The van der Waals surface area contributed by atoms with Gasteiger partial charge in [-0.05, 0) is 31.9 Å². The van der Waals surface area contributed by atoms with Crippen molar-refractivity contribution in [2.24, 2.45) is 10.9 Å². The van der Waals surface area contributed by atoms with E-state index in [2.05, 4.69) is 18.8 Å². The van der Waals surface area contributed by atoms with Crippen LogP contribution in [0.25, 0.3) is 0 Å². The minimum atomic E-state index is -0.310. The van der Waals surface area contributed by atoms with Crippen molar-refractivity contribution < 1.29 is 9.53 Å². The van der Waals surface area contributed by atoms with E-state index in [0.717, 1.165) is 12.8 Å². The maximum absolute atomic E-state index is 11.4. The van der Waals surface area contributed by atoms with Gasteiger partial charge >= 0.3 is 5.97 Å². The van der Waals surface area contributed by atoms with Crippen LogP contribution in [-0.4, -0.2) is 24.8 Å². The van der Waals surface area contributed by atoms with Gasteiger partial charge in [0.05, 0.1) is 6.61 Å². The number of hydrogen-bond donors (Lipinski definition) is 0. The van der Waals surface area contributed by atoms with Crippen molar-refractivity contribution in [3.8, 4) is 0 Å². The van der Waals surface area contributed by atoms with Crippen LogP contribution in [-0.2, 0) is 9.53 Å². The van der Waals surface area contributed by atoms with Gasteiger partial charge in [-0.25, -0.2) is 4.79 Å². The summed E-state index contributed by atoms with van der Waals surface area (Å²) in [5, 5.41) is 0. The molecule has 0 radical (unpaired) electrons. The van der Waals surface area contributed by atoms with Gasteiger partial charge in [-0.1, -0.05) is 20.8 Å². The van der Waals surface area contributed by atoms with E-state index in [1.165, 1.54) is 0 Å². The lowest BCUT2D eigenvalue weighted by Gasteiger charge is -2.13. The fourth-order valence-electron chi connectivity index (χ4n) is 1.14. The van der Waals surface area contributed by atoms with Crippen molar-refractivity contribution >= 4 is 12.2 Å². The summed E-state index contributed by atoms with van der Waals surface area (Å²) in [6, 6.07) is -0.310. The number of ether oxygens (including phenoxy) is 1. The molecule has 0 amide bonds. The number of nitrogens with zero attached hydrogens (tertiary/aromatic N) is 1. The van der Waals surface area contributed by atoms with Crippen molar-refractivity contribution in [2.45, 2.75) is 46.6 Å². The minimum Gasteiger partial charge on any atom is -0.464 e. The van der Waals surface area contributed by atoms with E-state index < -0.39 is 0 Å². The van der Waals surface area contributed by atoms with Crippen LogP contribution in [0.3, 0.4) is 0 Å². The molecule has 0 fully saturated rings. The number of esters is 1. The highest BCUT2D eigenvalue weighted by atomic mass is 16.5. The average Bonchev–Trinajstić information content (AvgIpc) is 2.12. The maximum Gasteiger partial charge on any atom is 0.330 e. The van der Waals surface area contributed by atoms with E-state index >= 15 is 0 Å². The second-order valence-corrected chi connectivity index (χ2v) is 3.64. The molecule has 3 nitrogen and oxygen atoms in total. The van der Waals surface area contributed by atoms with E-state index in [1.54, 1.807) is 6.21 Å². The Hall–Kier alpha value is -0.860. The smallest absolute Gasteiger partial charge is 0.330 e. The number of aliphatic imine (C=N–C) groups is 1. The molecule has 1 unspecified atom stereocenters. The fraction of sp³-hybridized carbons (Fsp3) is 0.818. The summed E-state index contributed by atoms with van der Waals surface area (Å²) in [4.78, 5) is 15.6. The van der Waals surface area contributed by atoms with Crippen LogP contribution in [0.15, 0.2) is 4.99 Å². The minimum absolute atomic E-state index is 0.203. The number of rotatable bonds is 6. The summed E-state index contributed by atoms with van der Waals surface area (Å²) in [5.41, 5.74) is 0. The molecule has 0 aromatic heterocycles. The Morgan fingerprint density at radius 2 is 2.07 bits per heavy atom. The zero-order chi connectivity index (χ0) is 11.0. The number of carbonyl (C=O) groups excluding carboxylic acids is 1. The van der Waals surface area contributed by atoms with Gasteiger partial charge in [-0.2, -0.15) is 0 Å². The largest absolute Gasteiger partial charge is 0.464 e. The first-order valence-electron chi connectivity index (χ1n) is 5.30. The molecule has 1 atom stereocenters. The Bertz CT molecular complexity index is 188. The molecular weight excluding hydrogens is 178 g/mol. The molecular formula is C11H21NO2. The van der Waals surface area contributed by atoms with E-state index in [9.17, 15) is 4.79 Å². The second-order valence-electron chi connectivity index (χ2n) is 3.64. The molecule has 0 N–H and O–H groups in total. The summed E-state index contributed by atoms with van der Waals surface area (Å²) in [6.45, 7) is 8.39. The molecule has 0 aliphatic heterocycles.